The third-order valence-corrected chi connectivity index (χ3v) is 2.75. The molecule has 0 unspecified atom stereocenters. The highest BCUT2D eigenvalue weighted by Gasteiger charge is 2.19. The van der Waals surface area contributed by atoms with Crippen LogP contribution in [0.2, 0.25) is 0 Å². The number of hydrogen-bond donors (Lipinski definition) is 1. The topological polar surface area (TPSA) is 65.4 Å². The predicted octanol–water partition coefficient (Wildman–Crippen LogP) is 3.06. The molecule has 0 aromatic carbocycles. The van der Waals surface area contributed by atoms with E-state index in [1.807, 2.05) is 39.2 Å². The zero-order valence-electron chi connectivity index (χ0n) is 14.2. The van der Waals surface area contributed by atoms with Gasteiger partial charge in [-0.3, -0.25) is 0 Å². The maximum atomic E-state index is 11.8. The van der Waals surface area contributed by atoms with Gasteiger partial charge in [-0.15, -0.1) is 0 Å². The Labute approximate surface area is 132 Å². The smallest absolute Gasteiger partial charge is 0.408 e. The van der Waals surface area contributed by atoms with Crippen LogP contribution in [-0.4, -0.2) is 34.5 Å². The fourth-order valence-corrected chi connectivity index (χ4v) is 1.85. The summed E-state index contributed by atoms with van der Waals surface area (Å²) in [4.78, 5) is 16.0. The van der Waals surface area contributed by atoms with E-state index in [1.165, 1.54) is 0 Å². The van der Waals surface area contributed by atoms with Gasteiger partial charge in [-0.2, -0.15) is 0 Å². The molecule has 0 fully saturated rings. The van der Waals surface area contributed by atoms with E-state index in [9.17, 15) is 4.79 Å². The average Bonchev–Trinajstić information content (AvgIpc) is 2.80. The zero-order chi connectivity index (χ0) is 16.8. The van der Waals surface area contributed by atoms with Crippen molar-refractivity contribution in [2.75, 3.05) is 13.2 Å². The Kier molecular flexibility index (Phi) is 6.61. The lowest BCUT2D eigenvalue weighted by molar-refractivity contribution is 0.0506. The van der Waals surface area contributed by atoms with Crippen LogP contribution in [0.3, 0.4) is 0 Å². The van der Waals surface area contributed by atoms with Crippen molar-refractivity contribution < 1.29 is 14.3 Å². The molecule has 0 saturated carbocycles. The number of hydrogen-bond acceptors (Lipinski definition) is 4. The monoisotopic (exact) mass is 309 g/mol. The van der Waals surface area contributed by atoms with E-state index in [1.54, 1.807) is 12.5 Å². The summed E-state index contributed by atoms with van der Waals surface area (Å²) in [6, 6.07) is -0.196. The van der Waals surface area contributed by atoms with Crippen molar-refractivity contribution in [3.8, 4) is 0 Å². The highest BCUT2D eigenvalue weighted by atomic mass is 16.6. The summed E-state index contributed by atoms with van der Waals surface area (Å²) in [7, 11) is 0. The van der Waals surface area contributed by atoms with Gasteiger partial charge in [0, 0.05) is 6.54 Å². The van der Waals surface area contributed by atoms with Gasteiger partial charge < -0.3 is 19.4 Å². The molecule has 1 amide bonds. The molecule has 22 heavy (non-hydrogen) atoms. The maximum absolute atomic E-state index is 11.8. The molecule has 0 radical (unpaired) electrons. The fraction of sp³-hybridized carbons (Fsp3) is 0.625. The second-order valence-electron chi connectivity index (χ2n) is 6.39. The zero-order valence-corrected chi connectivity index (χ0v) is 14.2. The number of nitrogens with zero attached hydrogens (tertiary/aromatic N) is 2. The van der Waals surface area contributed by atoms with Crippen molar-refractivity contribution in [2.24, 2.45) is 0 Å². The van der Waals surface area contributed by atoms with Gasteiger partial charge in [-0.1, -0.05) is 12.2 Å². The van der Waals surface area contributed by atoms with Crippen LogP contribution in [0.4, 0.5) is 4.79 Å². The molecule has 124 valence electrons. The second kappa shape index (κ2) is 7.98. The van der Waals surface area contributed by atoms with Crippen LogP contribution >= 0.6 is 0 Å². The summed E-state index contributed by atoms with van der Waals surface area (Å²) in [5, 5.41) is 2.81. The van der Waals surface area contributed by atoms with Crippen LogP contribution in [0, 0.1) is 0 Å². The molecule has 1 aromatic rings. The van der Waals surface area contributed by atoms with Crippen molar-refractivity contribution in [2.45, 2.75) is 52.8 Å². The van der Waals surface area contributed by atoms with Gasteiger partial charge >= 0.3 is 6.09 Å². The second-order valence-corrected chi connectivity index (χ2v) is 6.39. The lowest BCUT2D eigenvalue weighted by Crippen LogP contribution is -2.34. The molecule has 6 nitrogen and oxygen atoms in total. The molecule has 1 atom stereocenters. The molecule has 0 spiro atoms. The highest BCUT2D eigenvalue weighted by Crippen LogP contribution is 2.14. The van der Waals surface area contributed by atoms with Crippen LogP contribution < -0.4 is 5.32 Å². The Morgan fingerprint density at radius 1 is 1.50 bits per heavy atom. The first-order chi connectivity index (χ1) is 10.2. The van der Waals surface area contributed by atoms with Gasteiger partial charge in [-0.25, -0.2) is 9.78 Å². The Hall–Kier alpha value is -1.82. The van der Waals surface area contributed by atoms with E-state index < -0.39 is 11.7 Å². The standard InChI is InChI=1S/C16H27N3O3/c1-12(2)10-21-8-7-19-11-17-9-14(19)13(3)18-15(20)22-16(4,5)6/h9,11,13H,1,7-8,10H2,2-6H3,(H,18,20)/t13-/m0/s1. The molecule has 6 heteroatoms. The van der Waals surface area contributed by atoms with Gasteiger partial charge in [0.1, 0.15) is 5.60 Å². The summed E-state index contributed by atoms with van der Waals surface area (Å²) < 4.78 is 12.7. The van der Waals surface area contributed by atoms with Crippen LogP contribution in [0.5, 0.6) is 0 Å². The summed E-state index contributed by atoms with van der Waals surface area (Å²) >= 11 is 0. The Morgan fingerprint density at radius 3 is 2.77 bits per heavy atom. The maximum Gasteiger partial charge on any atom is 0.408 e. The number of alkyl carbamates (subject to hydrolysis) is 1. The molecule has 0 aliphatic heterocycles. The lowest BCUT2D eigenvalue weighted by atomic mass is 10.2. The predicted molar refractivity (Wildman–Crippen MR) is 85.6 cm³/mol. The number of rotatable bonds is 7. The first-order valence-electron chi connectivity index (χ1n) is 7.40. The van der Waals surface area contributed by atoms with Crippen LogP contribution in [0.1, 0.15) is 46.4 Å². The summed E-state index contributed by atoms with van der Waals surface area (Å²) in [6.45, 7) is 14.9. The highest BCUT2D eigenvalue weighted by molar-refractivity contribution is 5.68. The number of ether oxygens (including phenoxy) is 2. The largest absolute Gasteiger partial charge is 0.444 e. The van der Waals surface area contributed by atoms with Crippen LogP contribution in [0.25, 0.3) is 0 Å². The fourth-order valence-electron chi connectivity index (χ4n) is 1.85. The first-order valence-corrected chi connectivity index (χ1v) is 7.40. The van der Waals surface area contributed by atoms with Gasteiger partial charge in [0.05, 0.1) is 37.5 Å². The van der Waals surface area contributed by atoms with E-state index in [0.717, 1.165) is 11.3 Å². The number of amides is 1. The van der Waals surface area contributed by atoms with Gasteiger partial charge in [0.25, 0.3) is 0 Å². The summed E-state index contributed by atoms with van der Waals surface area (Å²) in [5.41, 5.74) is 1.39. The SMILES string of the molecule is C=C(C)COCCn1cncc1[C@H](C)NC(=O)OC(C)(C)C. The molecule has 0 aliphatic rings. The van der Waals surface area contributed by atoms with Crippen molar-refractivity contribution in [1.29, 1.82) is 0 Å². The van der Waals surface area contributed by atoms with Gasteiger partial charge in [0.15, 0.2) is 0 Å². The minimum absolute atomic E-state index is 0.196. The summed E-state index contributed by atoms with van der Waals surface area (Å²) in [6.07, 6.45) is 3.03. The molecule has 1 N–H and O–H groups in total. The van der Waals surface area contributed by atoms with Gasteiger partial charge in [-0.05, 0) is 34.6 Å². The lowest BCUT2D eigenvalue weighted by Gasteiger charge is -2.22. The Bertz CT molecular complexity index is 503. The van der Waals surface area contributed by atoms with Crippen LogP contribution in [-0.2, 0) is 16.0 Å². The molecule has 0 bridgehead atoms. The minimum Gasteiger partial charge on any atom is -0.444 e. The van der Waals surface area contributed by atoms with Crippen LogP contribution in [0.15, 0.2) is 24.7 Å². The van der Waals surface area contributed by atoms with E-state index >= 15 is 0 Å². The van der Waals surface area contributed by atoms with Crippen molar-refractivity contribution >= 4 is 6.09 Å². The minimum atomic E-state index is -0.513. The molecule has 0 saturated heterocycles. The quantitative estimate of drug-likeness (QED) is 0.621. The number of nitrogens with one attached hydrogen (secondary N) is 1. The van der Waals surface area contributed by atoms with E-state index in [4.69, 9.17) is 9.47 Å². The molecule has 1 rings (SSSR count). The molecular weight excluding hydrogens is 282 g/mol. The van der Waals surface area contributed by atoms with Crippen molar-refractivity contribution in [3.05, 3.63) is 30.4 Å². The third kappa shape index (κ3) is 6.76. The summed E-state index contributed by atoms with van der Waals surface area (Å²) in [5.74, 6) is 0. The number of aromatic nitrogens is 2. The average molecular weight is 309 g/mol. The normalized spacial score (nSPS) is 12.8. The molecular formula is C16H27N3O3. The van der Waals surface area contributed by atoms with Gasteiger partial charge in [0.2, 0.25) is 0 Å². The number of carbonyl (C=O) groups excluding carboxylic acids is 1. The van der Waals surface area contributed by atoms with Crippen molar-refractivity contribution in [1.82, 2.24) is 14.9 Å². The number of carbonyl (C=O) groups is 1. The van der Waals surface area contributed by atoms with E-state index in [0.29, 0.717) is 19.8 Å². The van der Waals surface area contributed by atoms with E-state index in [-0.39, 0.29) is 6.04 Å². The number of imidazole rings is 1. The van der Waals surface area contributed by atoms with Crippen molar-refractivity contribution in [3.63, 3.8) is 0 Å². The Balaban J connectivity index is 2.52. The molecule has 0 aliphatic carbocycles. The molecule has 1 heterocycles. The van der Waals surface area contributed by atoms with E-state index in [2.05, 4.69) is 16.9 Å². The Morgan fingerprint density at radius 2 is 2.18 bits per heavy atom. The third-order valence-electron chi connectivity index (χ3n) is 2.75. The first kappa shape index (κ1) is 18.2. The molecule has 1 aromatic heterocycles.